The monoisotopic (exact) mass is 306 g/mol. The molecule has 2 atom stereocenters. The fraction of sp³-hybridized carbons (Fsp3) is 0.400. The minimum absolute atomic E-state index is 0.0287. The van der Waals surface area contributed by atoms with Gasteiger partial charge in [0.1, 0.15) is 0 Å². The molecular formula is C15H18N2O3S. The van der Waals surface area contributed by atoms with Crippen LogP contribution in [0.15, 0.2) is 24.3 Å². The van der Waals surface area contributed by atoms with E-state index in [1.165, 1.54) is 6.92 Å². The number of nitrogens with zero attached hydrogens (tertiary/aromatic N) is 1. The first-order valence-electron chi connectivity index (χ1n) is 6.51. The molecule has 0 fully saturated rings. The van der Waals surface area contributed by atoms with Crippen LogP contribution in [-0.4, -0.2) is 25.4 Å². The number of rotatable bonds is 5. The Kier molecular flexibility index (Phi) is 6.39. The maximum Gasteiger partial charge on any atom is 0.228 e. The Labute approximate surface area is 125 Å². The van der Waals surface area contributed by atoms with Crippen molar-refractivity contribution >= 4 is 10.0 Å². The van der Waals surface area contributed by atoms with E-state index in [0.717, 1.165) is 11.1 Å². The topological polar surface area (TPSA) is 90.2 Å². The second-order valence-corrected chi connectivity index (χ2v) is 6.59. The maximum atomic E-state index is 11.8. The van der Waals surface area contributed by atoms with Gasteiger partial charge < -0.3 is 5.11 Å². The molecule has 21 heavy (non-hydrogen) atoms. The summed E-state index contributed by atoms with van der Waals surface area (Å²) in [6.07, 6.45) is 0.421. The average Bonchev–Trinajstić information content (AvgIpc) is 2.46. The van der Waals surface area contributed by atoms with Crippen molar-refractivity contribution in [1.82, 2.24) is 4.72 Å². The van der Waals surface area contributed by atoms with Gasteiger partial charge in [-0.25, -0.2) is 13.1 Å². The molecule has 2 N–H and O–H groups in total. The van der Waals surface area contributed by atoms with Gasteiger partial charge in [-0.15, -0.1) is 0 Å². The lowest BCUT2D eigenvalue weighted by molar-refractivity contribution is 0.305. The Balaban J connectivity index is 2.79. The first-order chi connectivity index (χ1) is 9.90. The normalized spacial score (nSPS) is 13.6. The third-order valence-electron chi connectivity index (χ3n) is 2.87. The van der Waals surface area contributed by atoms with E-state index < -0.39 is 21.3 Å². The van der Waals surface area contributed by atoms with Crippen LogP contribution >= 0.6 is 0 Å². The third kappa shape index (κ3) is 5.20. The summed E-state index contributed by atoms with van der Waals surface area (Å²) < 4.78 is 26.1. The summed E-state index contributed by atoms with van der Waals surface area (Å²) in [7, 11) is -3.65. The van der Waals surface area contributed by atoms with E-state index in [1.807, 2.05) is 0 Å². The SMILES string of the molecule is CC(NS(=O)(=O)C(C)C#N)c1ccc(C#CCCO)cc1. The molecule has 0 saturated carbocycles. The van der Waals surface area contributed by atoms with Crippen LogP contribution in [0.4, 0.5) is 0 Å². The summed E-state index contributed by atoms with van der Waals surface area (Å²) in [5, 5.41) is 16.2. The van der Waals surface area contributed by atoms with E-state index >= 15 is 0 Å². The van der Waals surface area contributed by atoms with Gasteiger partial charge in [0.25, 0.3) is 0 Å². The van der Waals surface area contributed by atoms with Gasteiger partial charge in [0, 0.05) is 18.0 Å². The van der Waals surface area contributed by atoms with Crippen LogP contribution in [0.2, 0.25) is 0 Å². The van der Waals surface area contributed by atoms with Crippen LogP contribution in [0.1, 0.15) is 37.4 Å². The van der Waals surface area contributed by atoms with Crippen LogP contribution in [0, 0.1) is 23.2 Å². The fourth-order valence-electron chi connectivity index (χ4n) is 1.56. The predicted octanol–water partition coefficient (Wildman–Crippen LogP) is 1.31. The lowest BCUT2D eigenvalue weighted by Gasteiger charge is -2.15. The molecule has 2 unspecified atom stereocenters. The Bertz CT molecular complexity index is 664. The highest BCUT2D eigenvalue weighted by atomic mass is 32.2. The van der Waals surface area contributed by atoms with Crippen molar-refractivity contribution in [3.63, 3.8) is 0 Å². The van der Waals surface area contributed by atoms with E-state index in [2.05, 4.69) is 16.6 Å². The van der Waals surface area contributed by atoms with Gasteiger partial charge in [-0.2, -0.15) is 5.26 Å². The molecule has 0 aliphatic heterocycles. The molecule has 1 aromatic rings. The molecule has 0 bridgehead atoms. The zero-order chi connectivity index (χ0) is 15.9. The van der Waals surface area contributed by atoms with Gasteiger partial charge in [-0.3, -0.25) is 0 Å². The Morgan fingerprint density at radius 1 is 1.29 bits per heavy atom. The molecule has 0 amide bonds. The molecular weight excluding hydrogens is 288 g/mol. The van der Waals surface area contributed by atoms with Crippen molar-refractivity contribution in [3.8, 4) is 17.9 Å². The largest absolute Gasteiger partial charge is 0.395 e. The molecule has 112 valence electrons. The molecule has 1 aromatic carbocycles. The van der Waals surface area contributed by atoms with Gasteiger partial charge in [-0.1, -0.05) is 24.0 Å². The van der Waals surface area contributed by atoms with Gasteiger partial charge in [0.2, 0.25) is 10.0 Å². The first-order valence-corrected chi connectivity index (χ1v) is 8.05. The molecule has 5 nitrogen and oxygen atoms in total. The van der Waals surface area contributed by atoms with Crippen LogP contribution < -0.4 is 4.72 Å². The third-order valence-corrected chi connectivity index (χ3v) is 4.59. The first kappa shape index (κ1) is 17.2. The zero-order valence-electron chi connectivity index (χ0n) is 12.0. The summed E-state index contributed by atoms with van der Waals surface area (Å²) in [6, 6.07) is 8.43. The molecule has 0 aliphatic carbocycles. The lowest BCUT2D eigenvalue weighted by atomic mass is 10.1. The molecule has 0 spiro atoms. The highest BCUT2D eigenvalue weighted by Crippen LogP contribution is 2.15. The molecule has 1 rings (SSSR count). The minimum Gasteiger partial charge on any atom is -0.395 e. The van der Waals surface area contributed by atoms with Crippen LogP contribution in [-0.2, 0) is 10.0 Å². The Morgan fingerprint density at radius 3 is 2.43 bits per heavy atom. The summed E-state index contributed by atoms with van der Waals surface area (Å²) in [4.78, 5) is 0. The smallest absolute Gasteiger partial charge is 0.228 e. The van der Waals surface area contributed by atoms with Crippen molar-refractivity contribution in [3.05, 3.63) is 35.4 Å². The van der Waals surface area contributed by atoms with Crippen molar-refractivity contribution in [2.45, 2.75) is 31.6 Å². The molecule has 0 saturated heterocycles. The van der Waals surface area contributed by atoms with E-state index in [4.69, 9.17) is 10.4 Å². The van der Waals surface area contributed by atoms with Gasteiger partial charge in [-0.05, 0) is 31.5 Å². The van der Waals surface area contributed by atoms with Gasteiger partial charge in [0.05, 0.1) is 12.7 Å². The molecule has 0 heterocycles. The van der Waals surface area contributed by atoms with Gasteiger partial charge >= 0.3 is 0 Å². The Hall–Kier alpha value is -1.86. The van der Waals surface area contributed by atoms with Crippen molar-refractivity contribution < 1.29 is 13.5 Å². The fourth-order valence-corrected chi connectivity index (χ4v) is 2.53. The number of benzene rings is 1. The summed E-state index contributed by atoms with van der Waals surface area (Å²) in [6.45, 7) is 3.09. The number of aliphatic hydroxyl groups is 1. The summed E-state index contributed by atoms with van der Waals surface area (Å²) in [5.41, 5.74) is 1.59. The summed E-state index contributed by atoms with van der Waals surface area (Å²) >= 11 is 0. The maximum absolute atomic E-state index is 11.8. The van der Waals surface area contributed by atoms with Crippen molar-refractivity contribution in [1.29, 1.82) is 5.26 Å². The van der Waals surface area contributed by atoms with Crippen molar-refractivity contribution in [2.75, 3.05) is 6.61 Å². The summed E-state index contributed by atoms with van der Waals surface area (Å²) in [5.74, 6) is 5.71. The van der Waals surface area contributed by atoms with Gasteiger partial charge in [0.15, 0.2) is 5.25 Å². The number of hydrogen-bond donors (Lipinski definition) is 2. The van der Waals surface area contributed by atoms with Crippen molar-refractivity contribution in [2.24, 2.45) is 0 Å². The Morgan fingerprint density at radius 2 is 1.90 bits per heavy atom. The zero-order valence-corrected chi connectivity index (χ0v) is 12.8. The lowest BCUT2D eigenvalue weighted by Crippen LogP contribution is -2.33. The second-order valence-electron chi connectivity index (χ2n) is 4.55. The number of sulfonamides is 1. The molecule has 0 aliphatic rings. The van der Waals surface area contributed by atoms with E-state index in [-0.39, 0.29) is 6.61 Å². The highest BCUT2D eigenvalue weighted by molar-refractivity contribution is 7.90. The average molecular weight is 306 g/mol. The second kappa shape index (κ2) is 7.80. The number of hydrogen-bond acceptors (Lipinski definition) is 4. The predicted molar refractivity (Wildman–Crippen MR) is 80.6 cm³/mol. The quantitative estimate of drug-likeness (QED) is 0.803. The van der Waals surface area contributed by atoms with Crippen LogP contribution in [0.25, 0.3) is 0 Å². The standard InChI is InChI=1S/C15H18N2O3S/c1-12(11-16)21(19,20)17-13(2)15-8-6-14(7-9-15)5-3-4-10-18/h6-9,12-13,17-18H,4,10H2,1-2H3. The van der Waals surface area contributed by atoms with E-state index in [1.54, 1.807) is 37.3 Å². The van der Waals surface area contributed by atoms with Crippen LogP contribution in [0.3, 0.4) is 0 Å². The molecule has 0 aromatic heterocycles. The van der Waals surface area contributed by atoms with E-state index in [9.17, 15) is 8.42 Å². The highest BCUT2D eigenvalue weighted by Gasteiger charge is 2.22. The number of nitriles is 1. The molecule has 6 heteroatoms. The number of aliphatic hydroxyl groups excluding tert-OH is 1. The van der Waals surface area contributed by atoms with Crippen LogP contribution in [0.5, 0.6) is 0 Å². The van der Waals surface area contributed by atoms with E-state index in [0.29, 0.717) is 6.42 Å². The number of nitrogens with one attached hydrogen (secondary N) is 1. The molecule has 0 radical (unpaired) electrons. The minimum atomic E-state index is -3.65.